The van der Waals surface area contributed by atoms with Gasteiger partial charge in [0.25, 0.3) is 11.8 Å². The second-order valence-corrected chi connectivity index (χ2v) is 11.5. The molecule has 4 amide bonds. The second-order valence-electron chi connectivity index (χ2n) is 11.1. The van der Waals surface area contributed by atoms with Gasteiger partial charge in [-0.1, -0.05) is 29.8 Å². The van der Waals surface area contributed by atoms with Crippen LogP contribution in [-0.2, 0) is 19.8 Å². The molecule has 0 radical (unpaired) electrons. The van der Waals surface area contributed by atoms with E-state index in [-0.39, 0.29) is 21.8 Å². The summed E-state index contributed by atoms with van der Waals surface area (Å²) >= 11 is 6.18. The number of ether oxygens (including phenoxy) is 1. The first-order chi connectivity index (χ1) is 18.2. The van der Waals surface area contributed by atoms with E-state index in [9.17, 15) is 19.2 Å². The van der Waals surface area contributed by atoms with Gasteiger partial charge in [0.15, 0.2) is 6.61 Å². The number of rotatable bonds is 6. The lowest BCUT2D eigenvalue weighted by Gasteiger charge is -2.57. The fraction of sp³-hybridized carbons (Fsp3) is 0.379. The zero-order valence-electron chi connectivity index (χ0n) is 20.6. The van der Waals surface area contributed by atoms with Gasteiger partial charge >= 0.3 is 12.0 Å². The van der Waals surface area contributed by atoms with Crippen LogP contribution in [0, 0.1) is 17.8 Å². The maximum absolute atomic E-state index is 13.3. The molecule has 196 valence electrons. The van der Waals surface area contributed by atoms with Crippen molar-refractivity contribution in [2.45, 2.75) is 43.9 Å². The summed E-state index contributed by atoms with van der Waals surface area (Å²) in [6.07, 6.45) is 9.04. The zero-order chi connectivity index (χ0) is 26.6. The largest absolute Gasteiger partial charge is 0.480 e. The van der Waals surface area contributed by atoms with Crippen LogP contribution < -0.4 is 15.0 Å². The molecular weight excluding hydrogens is 508 g/mol. The van der Waals surface area contributed by atoms with Gasteiger partial charge < -0.3 is 9.84 Å². The highest BCUT2D eigenvalue weighted by molar-refractivity contribution is 6.39. The van der Waals surface area contributed by atoms with Gasteiger partial charge in [-0.25, -0.2) is 14.5 Å². The number of carbonyl (C=O) groups is 4. The van der Waals surface area contributed by atoms with Crippen molar-refractivity contribution in [2.24, 2.45) is 17.8 Å². The number of halogens is 1. The molecule has 0 spiro atoms. The molecule has 7 rings (SSSR count). The molecule has 4 aliphatic carbocycles. The van der Waals surface area contributed by atoms with Crippen LogP contribution in [0.1, 0.15) is 49.7 Å². The Labute approximate surface area is 224 Å². The van der Waals surface area contributed by atoms with Crippen molar-refractivity contribution in [1.29, 1.82) is 0 Å². The highest BCUT2D eigenvalue weighted by atomic mass is 35.5. The summed E-state index contributed by atoms with van der Waals surface area (Å²) in [6.45, 7) is -0.556. The monoisotopic (exact) mass is 534 g/mol. The molecule has 1 aliphatic heterocycles. The molecule has 4 bridgehead atoms. The third-order valence-electron chi connectivity index (χ3n) is 8.50. The molecule has 0 unspecified atom stereocenters. The first-order valence-corrected chi connectivity index (χ1v) is 13.2. The van der Waals surface area contributed by atoms with Crippen LogP contribution in [0.4, 0.5) is 10.5 Å². The lowest BCUT2D eigenvalue weighted by molar-refractivity contribution is -0.139. The number of urea groups is 1. The van der Waals surface area contributed by atoms with Crippen LogP contribution in [0.15, 0.2) is 48.0 Å². The maximum Gasteiger partial charge on any atom is 0.341 e. The minimum atomic E-state index is -1.15. The van der Waals surface area contributed by atoms with E-state index in [0.29, 0.717) is 11.3 Å². The molecule has 38 heavy (non-hydrogen) atoms. The molecule has 8 nitrogen and oxygen atoms in total. The molecule has 2 N–H and O–H groups in total. The Bertz CT molecular complexity index is 1350. The zero-order valence-corrected chi connectivity index (χ0v) is 21.4. The van der Waals surface area contributed by atoms with Gasteiger partial charge in [0, 0.05) is 0 Å². The van der Waals surface area contributed by atoms with Gasteiger partial charge in [-0.05, 0) is 103 Å². The summed E-state index contributed by atoms with van der Waals surface area (Å²) < 4.78 is 5.11. The lowest BCUT2D eigenvalue weighted by Crippen LogP contribution is -2.54. The summed E-state index contributed by atoms with van der Waals surface area (Å²) in [7, 11) is 0. The van der Waals surface area contributed by atoms with Gasteiger partial charge in [-0.3, -0.25) is 14.9 Å². The number of anilines is 1. The number of amides is 4. The van der Waals surface area contributed by atoms with Gasteiger partial charge in [0.1, 0.15) is 11.3 Å². The number of benzene rings is 2. The molecular formula is C29H27ClN2O6. The molecule has 9 heteroatoms. The molecule has 0 aromatic heterocycles. The highest BCUT2D eigenvalue weighted by Crippen LogP contribution is 2.60. The molecule has 2 aromatic carbocycles. The molecule has 4 saturated carbocycles. The number of nitrogens with one attached hydrogen (secondary N) is 1. The smallest absolute Gasteiger partial charge is 0.341 e. The Morgan fingerprint density at radius 1 is 1.03 bits per heavy atom. The van der Waals surface area contributed by atoms with Crippen LogP contribution >= 0.6 is 11.6 Å². The van der Waals surface area contributed by atoms with Gasteiger partial charge in [0.2, 0.25) is 0 Å². The Hall–Kier alpha value is -3.65. The normalized spacial score (nSPS) is 29.1. The van der Waals surface area contributed by atoms with Crippen LogP contribution in [0.5, 0.6) is 5.75 Å². The van der Waals surface area contributed by atoms with Gasteiger partial charge in [-0.15, -0.1) is 0 Å². The van der Waals surface area contributed by atoms with Crippen molar-refractivity contribution in [2.75, 3.05) is 11.5 Å². The predicted octanol–water partition coefficient (Wildman–Crippen LogP) is 4.94. The standard InChI is InChI=1S/C29H27ClN2O6/c30-23-11-16(1-6-24(23)38-15-25(33)34)10-22-26(35)31-28(37)32(27(22)36)21-4-2-20(3-5-21)29-12-17-7-18(13-29)9-19(8-17)14-29/h1-6,10-11,17-19H,7-9,12-15H2,(H,33,34)(H,31,35,37)/b22-10+. The number of hydrogen-bond donors (Lipinski definition) is 2. The first-order valence-electron chi connectivity index (χ1n) is 12.9. The number of carboxylic acids is 1. The molecule has 0 atom stereocenters. The van der Waals surface area contributed by atoms with E-state index in [1.165, 1.54) is 68.4 Å². The van der Waals surface area contributed by atoms with Crippen molar-refractivity contribution >= 4 is 47.2 Å². The molecule has 5 fully saturated rings. The Balaban J connectivity index is 1.24. The van der Waals surface area contributed by atoms with Crippen molar-refractivity contribution in [3.8, 4) is 5.75 Å². The van der Waals surface area contributed by atoms with Crippen molar-refractivity contribution in [1.82, 2.24) is 5.32 Å². The van der Waals surface area contributed by atoms with Crippen molar-refractivity contribution in [3.05, 3.63) is 64.2 Å². The van der Waals surface area contributed by atoms with Crippen LogP contribution in [0.2, 0.25) is 5.02 Å². The van der Waals surface area contributed by atoms with E-state index in [4.69, 9.17) is 21.4 Å². The average Bonchev–Trinajstić information content (AvgIpc) is 2.85. The predicted molar refractivity (Wildman–Crippen MR) is 140 cm³/mol. The van der Waals surface area contributed by atoms with Crippen LogP contribution in [-0.4, -0.2) is 35.5 Å². The fourth-order valence-electron chi connectivity index (χ4n) is 7.35. The average molecular weight is 535 g/mol. The fourth-order valence-corrected chi connectivity index (χ4v) is 7.59. The minimum Gasteiger partial charge on any atom is -0.480 e. The number of carboxylic acid groups (broad SMARTS) is 1. The van der Waals surface area contributed by atoms with Crippen LogP contribution in [0.25, 0.3) is 6.08 Å². The number of imide groups is 2. The highest BCUT2D eigenvalue weighted by Gasteiger charge is 2.51. The van der Waals surface area contributed by atoms with E-state index in [1.807, 2.05) is 12.1 Å². The van der Waals surface area contributed by atoms with E-state index in [2.05, 4.69) is 5.32 Å². The Morgan fingerprint density at radius 3 is 2.24 bits per heavy atom. The number of nitrogens with zero attached hydrogens (tertiary/aromatic N) is 1. The van der Waals surface area contributed by atoms with E-state index >= 15 is 0 Å². The summed E-state index contributed by atoms with van der Waals surface area (Å²) in [5, 5.41) is 11.1. The van der Waals surface area contributed by atoms with Gasteiger partial charge in [-0.2, -0.15) is 0 Å². The Kier molecular flexibility index (Phi) is 6.02. The van der Waals surface area contributed by atoms with Gasteiger partial charge in [0.05, 0.1) is 10.7 Å². The van der Waals surface area contributed by atoms with Crippen molar-refractivity contribution in [3.63, 3.8) is 0 Å². The van der Waals surface area contributed by atoms with E-state index < -0.39 is 30.4 Å². The Morgan fingerprint density at radius 2 is 1.66 bits per heavy atom. The first kappa shape index (κ1) is 24.7. The lowest BCUT2D eigenvalue weighted by atomic mass is 9.48. The third kappa shape index (κ3) is 4.36. The molecule has 1 heterocycles. The summed E-state index contributed by atoms with van der Waals surface area (Å²) in [5.41, 5.74) is 2.07. The number of barbiturate groups is 1. The van der Waals surface area contributed by atoms with E-state index in [1.54, 1.807) is 12.1 Å². The summed E-state index contributed by atoms with van der Waals surface area (Å²) in [6, 6.07) is 11.3. The summed E-state index contributed by atoms with van der Waals surface area (Å²) in [5.74, 6) is -0.104. The second kappa shape index (κ2) is 9.27. The maximum atomic E-state index is 13.3. The number of carbonyl (C=O) groups excluding carboxylic acids is 3. The molecule has 1 saturated heterocycles. The molecule has 2 aromatic rings. The summed E-state index contributed by atoms with van der Waals surface area (Å²) in [4.78, 5) is 50.3. The quantitative estimate of drug-likeness (QED) is 0.401. The molecule has 5 aliphatic rings. The van der Waals surface area contributed by atoms with E-state index in [0.717, 1.165) is 22.7 Å². The third-order valence-corrected chi connectivity index (χ3v) is 8.79. The SMILES string of the molecule is O=C(O)COc1ccc(/C=C2\C(=O)NC(=O)N(c3ccc(C45CC6CC(CC(C6)C4)C5)cc3)C2=O)cc1Cl. The number of aliphatic carboxylic acids is 1. The topological polar surface area (TPSA) is 113 Å². The van der Waals surface area contributed by atoms with Crippen LogP contribution in [0.3, 0.4) is 0 Å². The van der Waals surface area contributed by atoms with Crippen molar-refractivity contribution < 1.29 is 29.0 Å². The number of hydrogen-bond acceptors (Lipinski definition) is 5. The minimum absolute atomic E-state index is 0.123.